The molecule has 0 radical (unpaired) electrons. The Morgan fingerprint density at radius 1 is 0.463 bits per heavy atom. The highest BCUT2D eigenvalue weighted by molar-refractivity contribution is 6.17. The maximum absolute atomic E-state index is 6.62. The summed E-state index contributed by atoms with van der Waals surface area (Å²) in [5, 5.41) is 4.11. The number of benzene rings is 7. The maximum atomic E-state index is 6.62. The molecule has 1 aliphatic rings. The van der Waals surface area contributed by atoms with Gasteiger partial charge >= 0.3 is 0 Å². The summed E-state index contributed by atoms with van der Waals surface area (Å²) in [6, 6.07) is 54.4. The van der Waals surface area contributed by atoms with Crippen LogP contribution in [0.4, 0.5) is 0 Å². The minimum Gasteiger partial charge on any atom is -0.456 e. The average molecular weight is 694 g/mol. The van der Waals surface area contributed by atoms with E-state index < -0.39 is 0 Å². The van der Waals surface area contributed by atoms with Gasteiger partial charge in [-0.3, -0.25) is 0 Å². The Morgan fingerprint density at radius 3 is 2.02 bits per heavy atom. The van der Waals surface area contributed by atoms with Crippen molar-refractivity contribution in [1.82, 2.24) is 15.0 Å². The number of para-hydroxylation sites is 3. The van der Waals surface area contributed by atoms with Gasteiger partial charge in [0.2, 0.25) is 0 Å². The van der Waals surface area contributed by atoms with Crippen LogP contribution in [0.2, 0.25) is 0 Å². The Bertz CT molecular complexity index is 3080. The third-order valence-corrected chi connectivity index (χ3v) is 10.7. The second kappa shape index (κ2) is 12.2. The van der Waals surface area contributed by atoms with Gasteiger partial charge in [0.25, 0.3) is 0 Å². The molecule has 11 rings (SSSR count). The van der Waals surface area contributed by atoms with E-state index in [9.17, 15) is 0 Å². The minimum absolute atomic E-state index is 0.0356. The molecule has 0 fully saturated rings. The lowest BCUT2D eigenvalue weighted by atomic mass is 9.89. The summed E-state index contributed by atoms with van der Waals surface area (Å²) in [5.41, 5.74) is 11.8. The number of allylic oxidation sites excluding steroid dienone is 1. The van der Waals surface area contributed by atoms with E-state index in [0.29, 0.717) is 11.6 Å². The average Bonchev–Trinajstić information content (AvgIpc) is 3.82. The molecule has 3 heterocycles. The van der Waals surface area contributed by atoms with E-state index in [-0.39, 0.29) is 5.92 Å². The zero-order valence-corrected chi connectivity index (χ0v) is 29.1. The highest BCUT2D eigenvalue weighted by atomic mass is 16.3. The lowest BCUT2D eigenvalue weighted by Gasteiger charge is -2.20. The van der Waals surface area contributed by atoms with Gasteiger partial charge in [0, 0.05) is 44.2 Å². The topological polar surface area (TPSA) is 65.0 Å². The molecule has 0 aliphatic heterocycles. The monoisotopic (exact) mass is 693 g/mol. The second-order valence-electron chi connectivity index (χ2n) is 13.9. The molecule has 254 valence electrons. The molecule has 3 aromatic heterocycles. The van der Waals surface area contributed by atoms with Gasteiger partial charge in [-0.15, -0.1) is 0 Å². The number of hydrogen-bond donors (Lipinski definition) is 0. The molecule has 10 aromatic rings. The van der Waals surface area contributed by atoms with Crippen LogP contribution in [0.25, 0.3) is 95.0 Å². The van der Waals surface area contributed by atoms with Crippen LogP contribution in [0, 0.1) is 0 Å². The molecule has 0 amide bonds. The lowest BCUT2D eigenvalue weighted by Crippen LogP contribution is -2.12. The van der Waals surface area contributed by atoms with Crippen molar-refractivity contribution in [2.24, 2.45) is 0 Å². The first-order valence-corrected chi connectivity index (χ1v) is 18.3. The summed E-state index contributed by atoms with van der Waals surface area (Å²) in [7, 11) is 0. The van der Waals surface area contributed by atoms with E-state index in [0.717, 1.165) is 89.5 Å². The number of fused-ring (bicyclic) bond motifs is 7. The molecular formula is C49H31N3O2. The quantitative estimate of drug-likeness (QED) is 0.179. The summed E-state index contributed by atoms with van der Waals surface area (Å²) in [5.74, 6) is 1.91. The smallest absolute Gasteiger partial charge is 0.165 e. The Balaban J connectivity index is 1.18. The molecule has 0 bridgehead atoms. The first kappa shape index (κ1) is 30.5. The first-order valence-electron chi connectivity index (χ1n) is 18.3. The van der Waals surface area contributed by atoms with Crippen molar-refractivity contribution >= 4 is 50.0 Å². The van der Waals surface area contributed by atoms with Crippen molar-refractivity contribution in [3.05, 3.63) is 181 Å². The van der Waals surface area contributed by atoms with Gasteiger partial charge < -0.3 is 8.83 Å². The van der Waals surface area contributed by atoms with Crippen LogP contribution >= 0.6 is 0 Å². The number of aromatic nitrogens is 3. The van der Waals surface area contributed by atoms with Gasteiger partial charge in [0.1, 0.15) is 28.2 Å². The Kier molecular flexibility index (Phi) is 6.92. The Hall–Kier alpha value is -7.11. The number of furan rings is 2. The van der Waals surface area contributed by atoms with Gasteiger partial charge in [0.15, 0.2) is 11.6 Å². The van der Waals surface area contributed by atoms with E-state index in [1.165, 1.54) is 11.1 Å². The van der Waals surface area contributed by atoms with E-state index in [1.54, 1.807) is 0 Å². The normalized spacial score (nSPS) is 14.0. The van der Waals surface area contributed by atoms with E-state index >= 15 is 0 Å². The summed E-state index contributed by atoms with van der Waals surface area (Å²) < 4.78 is 13.1. The van der Waals surface area contributed by atoms with Crippen LogP contribution in [-0.2, 0) is 6.42 Å². The molecular weight excluding hydrogens is 663 g/mol. The molecule has 0 saturated carbocycles. The summed E-state index contributed by atoms with van der Waals surface area (Å²) in [6.45, 7) is 0. The molecule has 0 saturated heterocycles. The predicted octanol–water partition coefficient (Wildman–Crippen LogP) is 12.7. The van der Waals surface area contributed by atoms with Crippen molar-refractivity contribution in [1.29, 1.82) is 0 Å². The van der Waals surface area contributed by atoms with Crippen molar-refractivity contribution in [2.45, 2.75) is 12.3 Å². The largest absolute Gasteiger partial charge is 0.456 e. The molecule has 0 N–H and O–H groups in total. The lowest BCUT2D eigenvalue weighted by molar-refractivity contribution is 0.668. The van der Waals surface area contributed by atoms with Crippen molar-refractivity contribution in [3.8, 4) is 45.0 Å². The van der Waals surface area contributed by atoms with Crippen molar-refractivity contribution in [2.75, 3.05) is 0 Å². The fraction of sp³-hybridized carbons (Fsp3) is 0.0408. The SMILES string of the molecule is C1=CC(c2nc(-c3ccc(-c4ccccc4)cc3)nc(-c3c(-c4cccc5c4oc4ccccc45)ccc4oc5ccccc5c34)n2)Cc2ccccc21. The fourth-order valence-electron chi connectivity index (χ4n) is 8.06. The van der Waals surface area contributed by atoms with E-state index in [4.69, 9.17) is 23.8 Å². The Morgan fingerprint density at radius 2 is 1.15 bits per heavy atom. The molecule has 1 aliphatic carbocycles. The molecule has 5 nitrogen and oxygen atoms in total. The first-order chi connectivity index (χ1) is 26.7. The number of hydrogen-bond acceptors (Lipinski definition) is 5. The Labute approximate surface area is 310 Å². The highest BCUT2D eigenvalue weighted by Gasteiger charge is 2.26. The van der Waals surface area contributed by atoms with Crippen LogP contribution in [0.5, 0.6) is 0 Å². The van der Waals surface area contributed by atoms with Crippen LogP contribution < -0.4 is 0 Å². The predicted molar refractivity (Wildman–Crippen MR) is 218 cm³/mol. The van der Waals surface area contributed by atoms with Crippen LogP contribution in [0.1, 0.15) is 22.9 Å². The van der Waals surface area contributed by atoms with Gasteiger partial charge in [-0.05, 0) is 58.5 Å². The third-order valence-electron chi connectivity index (χ3n) is 10.7. The molecule has 5 heteroatoms. The second-order valence-corrected chi connectivity index (χ2v) is 13.9. The van der Waals surface area contributed by atoms with Crippen molar-refractivity contribution < 1.29 is 8.83 Å². The molecule has 7 aromatic carbocycles. The van der Waals surface area contributed by atoms with Crippen molar-refractivity contribution in [3.63, 3.8) is 0 Å². The van der Waals surface area contributed by atoms with Gasteiger partial charge in [-0.1, -0.05) is 146 Å². The van der Waals surface area contributed by atoms with Gasteiger partial charge in [-0.2, -0.15) is 0 Å². The summed E-state index contributed by atoms with van der Waals surface area (Å²) in [4.78, 5) is 16.0. The maximum Gasteiger partial charge on any atom is 0.165 e. The minimum atomic E-state index is -0.0356. The molecule has 1 unspecified atom stereocenters. The molecule has 54 heavy (non-hydrogen) atoms. The van der Waals surface area contributed by atoms with Gasteiger partial charge in [0.05, 0.1) is 0 Å². The third kappa shape index (κ3) is 4.97. The molecule has 1 atom stereocenters. The van der Waals surface area contributed by atoms with Crippen LogP contribution in [-0.4, -0.2) is 15.0 Å². The number of rotatable bonds is 5. The summed E-state index contributed by atoms with van der Waals surface area (Å²) in [6.07, 6.45) is 5.22. The zero-order valence-electron chi connectivity index (χ0n) is 29.1. The van der Waals surface area contributed by atoms with E-state index in [1.807, 2.05) is 30.3 Å². The van der Waals surface area contributed by atoms with Gasteiger partial charge in [-0.25, -0.2) is 15.0 Å². The summed E-state index contributed by atoms with van der Waals surface area (Å²) >= 11 is 0. The van der Waals surface area contributed by atoms with Crippen LogP contribution in [0.3, 0.4) is 0 Å². The molecule has 0 spiro atoms. The fourth-order valence-corrected chi connectivity index (χ4v) is 8.06. The highest BCUT2D eigenvalue weighted by Crippen LogP contribution is 2.45. The zero-order chi connectivity index (χ0) is 35.6. The van der Waals surface area contributed by atoms with Crippen LogP contribution in [0.15, 0.2) is 173 Å². The standard InChI is InChI=1S/C49H31N3O2/c1-2-11-30(12-3-1)32-21-24-33(25-22-32)47-50-48(35-26-23-31-13-4-5-14-34(31)29-35)52-49(51-47)45-37(27-28-43-44(45)40-16-7-9-20-42(40)53-43)39-18-10-17-38-36-15-6-8-19-41(36)54-46(38)39/h1-28,35H,29H2. The van der Waals surface area contributed by atoms with E-state index in [2.05, 4.69) is 140 Å². The number of nitrogens with zero attached hydrogens (tertiary/aromatic N) is 3.